The number of carbonyl (C=O) groups is 2. The number of benzene rings is 3. The summed E-state index contributed by atoms with van der Waals surface area (Å²) in [6, 6.07) is 19.5. The summed E-state index contributed by atoms with van der Waals surface area (Å²) in [6.07, 6.45) is 1.40. The smallest absolute Gasteiger partial charge is 0.329 e. The summed E-state index contributed by atoms with van der Waals surface area (Å²) in [5, 5.41) is 7.28. The van der Waals surface area contributed by atoms with Crippen LogP contribution in [0.15, 0.2) is 71.8 Å². The van der Waals surface area contributed by atoms with Gasteiger partial charge in [-0.1, -0.05) is 59.1 Å². The molecule has 0 bridgehead atoms. The number of hydrogen-bond donors (Lipinski definition) is 2. The molecule has 0 radical (unpaired) electrons. The molecule has 0 saturated heterocycles. The van der Waals surface area contributed by atoms with Crippen LogP contribution in [-0.4, -0.2) is 18.0 Å². The third-order valence-corrected chi connectivity index (χ3v) is 4.92. The van der Waals surface area contributed by atoms with E-state index in [1.165, 1.54) is 6.21 Å². The van der Waals surface area contributed by atoms with E-state index in [1.807, 2.05) is 31.2 Å². The van der Waals surface area contributed by atoms with Gasteiger partial charge in [-0.15, -0.1) is 0 Å². The van der Waals surface area contributed by atoms with E-state index in [0.29, 0.717) is 27.0 Å². The van der Waals surface area contributed by atoms with Gasteiger partial charge >= 0.3 is 11.8 Å². The molecule has 0 spiro atoms. The Kier molecular flexibility index (Phi) is 7.65. The average molecular weight is 456 g/mol. The predicted octanol–water partition coefficient (Wildman–Crippen LogP) is 4.97. The van der Waals surface area contributed by atoms with Gasteiger partial charge in [-0.3, -0.25) is 9.59 Å². The number of hydrogen-bond acceptors (Lipinski definition) is 4. The number of rotatable bonds is 6. The molecule has 0 aromatic heterocycles. The minimum absolute atomic E-state index is 0.271. The number of para-hydroxylation sites is 1. The van der Waals surface area contributed by atoms with E-state index < -0.39 is 11.8 Å². The molecule has 0 unspecified atom stereocenters. The van der Waals surface area contributed by atoms with Crippen LogP contribution in [0.1, 0.15) is 16.7 Å². The fraction of sp³-hybridized carbons (Fsp3) is 0.0870. The molecule has 0 aliphatic heterocycles. The van der Waals surface area contributed by atoms with Crippen LogP contribution in [0.2, 0.25) is 10.0 Å². The third kappa shape index (κ3) is 6.57. The Morgan fingerprint density at radius 2 is 1.71 bits per heavy atom. The van der Waals surface area contributed by atoms with Crippen LogP contribution in [-0.2, 0) is 16.2 Å². The fourth-order valence-corrected chi connectivity index (χ4v) is 2.87. The topological polar surface area (TPSA) is 79.8 Å². The van der Waals surface area contributed by atoms with Crippen molar-refractivity contribution >= 4 is 46.9 Å². The number of halogens is 2. The van der Waals surface area contributed by atoms with Crippen molar-refractivity contribution in [2.75, 3.05) is 5.32 Å². The molecule has 0 aliphatic rings. The second kappa shape index (κ2) is 10.6. The summed E-state index contributed by atoms with van der Waals surface area (Å²) >= 11 is 12.0. The van der Waals surface area contributed by atoms with Crippen LogP contribution in [0.5, 0.6) is 5.75 Å². The normalized spacial score (nSPS) is 10.7. The van der Waals surface area contributed by atoms with Crippen molar-refractivity contribution in [3.05, 3.63) is 93.5 Å². The number of amides is 2. The maximum absolute atomic E-state index is 12.0. The largest absolute Gasteiger partial charge is 0.488 e. The van der Waals surface area contributed by atoms with Crippen LogP contribution in [0.4, 0.5) is 5.69 Å². The number of anilines is 1. The Bertz CT molecular complexity index is 1120. The molecule has 0 heterocycles. The predicted molar refractivity (Wildman–Crippen MR) is 123 cm³/mol. The molecule has 0 saturated carbocycles. The number of ether oxygens (including phenoxy) is 1. The summed E-state index contributed by atoms with van der Waals surface area (Å²) in [5.74, 6) is -1.15. The first-order chi connectivity index (χ1) is 14.9. The van der Waals surface area contributed by atoms with Gasteiger partial charge in [0.25, 0.3) is 0 Å². The minimum atomic E-state index is -0.883. The van der Waals surface area contributed by atoms with Crippen molar-refractivity contribution < 1.29 is 14.3 Å². The zero-order valence-electron chi connectivity index (χ0n) is 16.6. The monoisotopic (exact) mass is 455 g/mol. The van der Waals surface area contributed by atoms with E-state index in [2.05, 4.69) is 15.8 Å². The van der Waals surface area contributed by atoms with Crippen molar-refractivity contribution in [1.29, 1.82) is 0 Å². The SMILES string of the molecule is Cc1ccc(NC(=O)C(=O)N/N=C\c2ccccc2OCc2ccc(Cl)c(Cl)c2)cc1. The number of carbonyl (C=O) groups excluding carboxylic acids is 2. The Morgan fingerprint density at radius 1 is 0.968 bits per heavy atom. The van der Waals surface area contributed by atoms with Gasteiger partial charge in [0.15, 0.2) is 0 Å². The van der Waals surface area contributed by atoms with Crippen LogP contribution < -0.4 is 15.5 Å². The van der Waals surface area contributed by atoms with Gasteiger partial charge in [-0.25, -0.2) is 5.43 Å². The zero-order valence-corrected chi connectivity index (χ0v) is 18.1. The van der Waals surface area contributed by atoms with Gasteiger partial charge in [0.05, 0.1) is 16.3 Å². The molecule has 3 aromatic rings. The molecule has 0 fully saturated rings. The molecule has 0 aliphatic carbocycles. The van der Waals surface area contributed by atoms with Crippen molar-refractivity contribution in [3.8, 4) is 5.75 Å². The lowest BCUT2D eigenvalue weighted by Gasteiger charge is -2.09. The van der Waals surface area contributed by atoms with E-state index in [9.17, 15) is 9.59 Å². The van der Waals surface area contributed by atoms with Crippen LogP contribution in [0.3, 0.4) is 0 Å². The second-order valence-corrected chi connectivity index (χ2v) is 7.41. The highest BCUT2D eigenvalue weighted by Crippen LogP contribution is 2.24. The third-order valence-electron chi connectivity index (χ3n) is 4.18. The molecule has 6 nitrogen and oxygen atoms in total. The average Bonchev–Trinajstić information content (AvgIpc) is 2.76. The van der Waals surface area contributed by atoms with Crippen molar-refractivity contribution in [2.45, 2.75) is 13.5 Å². The Balaban J connectivity index is 1.57. The van der Waals surface area contributed by atoms with Gasteiger partial charge in [-0.05, 0) is 48.9 Å². The maximum Gasteiger partial charge on any atom is 0.329 e. The summed E-state index contributed by atoms with van der Waals surface area (Å²) in [4.78, 5) is 23.9. The Labute approximate surface area is 189 Å². The van der Waals surface area contributed by atoms with Crippen molar-refractivity contribution in [3.63, 3.8) is 0 Å². The summed E-state index contributed by atoms with van der Waals surface area (Å²) in [6.45, 7) is 2.20. The summed E-state index contributed by atoms with van der Waals surface area (Å²) in [7, 11) is 0. The van der Waals surface area contributed by atoms with E-state index in [-0.39, 0.29) is 6.61 Å². The zero-order chi connectivity index (χ0) is 22.2. The highest BCUT2D eigenvalue weighted by Gasteiger charge is 2.12. The number of nitrogens with one attached hydrogen (secondary N) is 2. The van der Waals surface area contributed by atoms with Crippen LogP contribution in [0.25, 0.3) is 0 Å². The molecule has 0 atom stereocenters. The fourth-order valence-electron chi connectivity index (χ4n) is 2.55. The molecule has 3 aromatic carbocycles. The number of aryl methyl sites for hydroxylation is 1. The Hall–Kier alpha value is -3.35. The van der Waals surface area contributed by atoms with Crippen molar-refractivity contribution in [2.24, 2.45) is 5.10 Å². The first-order valence-electron chi connectivity index (χ1n) is 9.29. The molecule has 158 valence electrons. The standard InChI is InChI=1S/C23H19Cl2N3O3/c1-15-6-9-18(10-7-15)27-22(29)23(30)28-26-13-17-4-2-3-5-21(17)31-14-16-8-11-19(24)20(25)12-16/h2-13H,14H2,1H3,(H,27,29)(H,28,30)/b26-13-. The Morgan fingerprint density at radius 3 is 2.45 bits per heavy atom. The molecule has 2 N–H and O–H groups in total. The van der Waals surface area contributed by atoms with E-state index in [0.717, 1.165) is 11.1 Å². The van der Waals surface area contributed by atoms with Gasteiger partial charge in [0.2, 0.25) is 0 Å². The lowest BCUT2D eigenvalue weighted by atomic mass is 10.2. The molecular weight excluding hydrogens is 437 g/mol. The van der Waals surface area contributed by atoms with E-state index >= 15 is 0 Å². The lowest BCUT2D eigenvalue weighted by molar-refractivity contribution is -0.136. The number of hydrazone groups is 1. The lowest BCUT2D eigenvalue weighted by Crippen LogP contribution is -2.32. The van der Waals surface area contributed by atoms with E-state index in [4.69, 9.17) is 27.9 Å². The van der Waals surface area contributed by atoms with Crippen LogP contribution in [0, 0.1) is 6.92 Å². The van der Waals surface area contributed by atoms with Gasteiger partial charge < -0.3 is 10.1 Å². The molecule has 31 heavy (non-hydrogen) atoms. The van der Waals surface area contributed by atoms with Crippen LogP contribution >= 0.6 is 23.2 Å². The molecule has 8 heteroatoms. The van der Waals surface area contributed by atoms with Gasteiger partial charge in [0, 0.05) is 11.3 Å². The molecule has 3 rings (SSSR count). The van der Waals surface area contributed by atoms with E-state index in [1.54, 1.807) is 42.5 Å². The quantitative estimate of drug-likeness (QED) is 0.312. The minimum Gasteiger partial charge on any atom is -0.488 e. The number of nitrogens with zero attached hydrogens (tertiary/aromatic N) is 1. The first-order valence-corrected chi connectivity index (χ1v) is 10.0. The van der Waals surface area contributed by atoms with Gasteiger partial charge in [-0.2, -0.15) is 5.10 Å². The summed E-state index contributed by atoms with van der Waals surface area (Å²) < 4.78 is 5.83. The maximum atomic E-state index is 12.0. The first kappa shape index (κ1) is 22.3. The summed E-state index contributed by atoms with van der Waals surface area (Å²) in [5.41, 5.74) is 5.26. The highest BCUT2D eigenvalue weighted by atomic mass is 35.5. The van der Waals surface area contributed by atoms with Gasteiger partial charge in [0.1, 0.15) is 12.4 Å². The molecular formula is C23H19Cl2N3O3. The van der Waals surface area contributed by atoms with Crippen molar-refractivity contribution in [1.82, 2.24) is 5.43 Å². The highest BCUT2D eigenvalue weighted by molar-refractivity contribution is 6.42. The second-order valence-electron chi connectivity index (χ2n) is 6.59. The molecule has 2 amide bonds.